The van der Waals surface area contributed by atoms with Crippen LogP contribution in [0.3, 0.4) is 0 Å². The lowest BCUT2D eigenvalue weighted by molar-refractivity contribution is 0.341. The van der Waals surface area contributed by atoms with Crippen molar-refractivity contribution in [1.29, 1.82) is 0 Å². The van der Waals surface area contributed by atoms with Gasteiger partial charge < -0.3 is 10.1 Å². The van der Waals surface area contributed by atoms with Crippen LogP contribution in [0.2, 0.25) is 0 Å². The molecule has 1 N–H and O–H groups in total. The van der Waals surface area contributed by atoms with Crippen LogP contribution in [0.5, 0.6) is 5.75 Å². The van der Waals surface area contributed by atoms with Gasteiger partial charge in [-0.15, -0.1) is 11.3 Å². The molecule has 0 saturated carbocycles. The quantitative estimate of drug-likeness (QED) is 0.813. The molecule has 0 aliphatic rings. The zero-order chi connectivity index (χ0) is 15.2. The summed E-state index contributed by atoms with van der Waals surface area (Å²) in [6.07, 6.45) is 1.14. The third-order valence-electron chi connectivity index (χ3n) is 3.34. The number of benzene rings is 1. The van der Waals surface area contributed by atoms with Crippen molar-refractivity contribution in [3.05, 3.63) is 34.8 Å². The Kier molecular flexibility index (Phi) is 5.76. The topological polar surface area (TPSA) is 34.1 Å². The number of rotatable bonds is 7. The summed E-state index contributed by atoms with van der Waals surface area (Å²) in [6, 6.07) is 8.47. The molecule has 1 aromatic heterocycles. The molecule has 0 amide bonds. The van der Waals surface area contributed by atoms with Gasteiger partial charge in [0.25, 0.3) is 0 Å². The van der Waals surface area contributed by atoms with E-state index in [0.29, 0.717) is 12.6 Å². The van der Waals surface area contributed by atoms with E-state index < -0.39 is 0 Å². The number of hydrogen-bond acceptors (Lipinski definition) is 4. The number of aryl methyl sites for hydroxylation is 1. The summed E-state index contributed by atoms with van der Waals surface area (Å²) in [5.74, 6) is 0.912. The van der Waals surface area contributed by atoms with E-state index in [-0.39, 0.29) is 0 Å². The highest BCUT2D eigenvalue weighted by Crippen LogP contribution is 2.36. The van der Waals surface area contributed by atoms with E-state index in [1.807, 2.05) is 25.1 Å². The zero-order valence-corrected chi connectivity index (χ0v) is 14.1. The maximum atomic E-state index is 5.72. The number of nitrogens with one attached hydrogen (secondary N) is 1. The SMILES string of the molecule is CCCNC(C)c1sc(-c2ccccc2OCC)nc1C. The molecule has 0 bridgehead atoms. The molecule has 0 aliphatic heterocycles. The van der Waals surface area contributed by atoms with Gasteiger partial charge in [0, 0.05) is 10.9 Å². The largest absolute Gasteiger partial charge is 0.493 e. The van der Waals surface area contributed by atoms with Crippen LogP contribution in [0.25, 0.3) is 10.6 Å². The van der Waals surface area contributed by atoms with Gasteiger partial charge in [-0.3, -0.25) is 0 Å². The number of hydrogen-bond donors (Lipinski definition) is 1. The summed E-state index contributed by atoms with van der Waals surface area (Å²) in [5.41, 5.74) is 2.19. The predicted molar refractivity (Wildman–Crippen MR) is 90.2 cm³/mol. The van der Waals surface area contributed by atoms with E-state index in [0.717, 1.165) is 35.0 Å². The van der Waals surface area contributed by atoms with Gasteiger partial charge in [0.15, 0.2) is 0 Å². The second kappa shape index (κ2) is 7.57. The highest BCUT2D eigenvalue weighted by molar-refractivity contribution is 7.15. The first-order valence-electron chi connectivity index (χ1n) is 7.60. The third kappa shape index (κ3) is 3.83. The Morgan fingerprint density at radius 1 is 1.29 bits per heavy atom. The van der Waals surface area contributed by atoms with E-state index in [4.69, 9.17) is 9.72 Å². The molecule has 21 heavy (non-hydrogen) atoms. The summed E-state index contributed by atoms with van der Waals surface area (Å²) in [5, 5.41) is 4.57. The minimum atomic E-state index is 0.343. The van der Waals surface area contributed by atoms with Gasteiger partial charge in [-0.05, 0) is 45.9 Å². The number of thiazole rings is 1. The van der Waals surface area contributed by atoms with E-state index in [1.54, 1.807) is 11.3 Å². The molecule has 3 nitrogen and oxygen atoms in total. The summed E-state index contributed by atoms with van der Waals surface area (Å²) in [4.78, 5) is 6.06. The zero-order valence-electron chi connectivity index (χ0n) is 13.3. The lowest BCUT2D eigenvalue weighted by Gasteiger charge is -2.11. The van der Waals surface area contributed by atoms with Crippen molar-refractivity contribution < 1.29 is 4.74 Å². The van der Waals surface area contributed by atoms with Gasteiger partial charge in [0.1, 0.15) is 10.8 Å². The molecule has 1 atom stereocenters. The smallest absolute Gasteiger partial charge is 0.129 e. The van der Waals surface area contributed by atoms with Crippen LogP contribution in [-0.4, -0.2) is 18.1 Å². The first kappa shape index (κ1) is 16.0. The van der Waals surface area contributed by atoms with Crippen LogP contribution >= 0.6 is 11.3 Å². The van der Waals surface area contributed by atoms with Crippen molar-refractivity contribution in [1.82, 2.24) is 10.3 Å². The monoisotopic (exact) mass is 304 g/mol. The van der Waals surface area contributed by atoms with Gasteiger partial charge in [-0.25, -0.2) is 4.98 Å². The van der Waals surface area contributed by atoms with E-state index in [1.165, 1.54) is 4.88 Å². The molecular weight excluding hydrogens is 280 g/mol. The van der Waals surface area contributed by atoms with Crippen LogP contribution in [0, 0.1) is 6.92 Å². The normalized spacial score (nSPS) is 12.4. The average molecular weight is 304 g/mol. The lowest BCUT2D eigenvalue weighted by Crippen LogP contribution is -2.18. The number of ether oxygens (including phenoxy) is 1. The van der Waals surface area contributed by atoms with E-state index in [9.17, 15) is 0 Å². The lowest BCUT2D eigenvalue weighted by atomic mass is 10.2. The van der Waals surface area contributed by atoms with Crippen LogP contribution in [0.1, 0.15) is 43.8 Å². The molecule has 1 heterocycles. The molecule has 0 radical (unpaired) electrons. The van der Waals surface area contributed by atoms with Crippen LogP contribution < -0.4 is 10.1 Å². The van der Waals surface area contributed by atoms with Crippen molar-refractivity contribution in [3.8, 4) is 16.3 Å². The number of para-hydroxylation sites is 1. The third-order valence-corrected chi connectivity index (χ3v) is 4.72. The fourth-order valence-corrected chi connectivity index (χ4v) is 3.43. The first-order chi connectivity index (χ1) is 10.2. The van der Waals surface area contributed by atoms with Crippen molar-refractivity contribution >= 4 is 11.3 Å². The first-order valence-corrected chi connectivity index (χ1v) is 8.41. The summed E-state index contributed by atoms with van der Waals surface area (Å²) in [7, 11) is 0. The standard InChI is InChI=1S/C17H24N2OS/c1-5-11-18-12(3)16-13(4)19-17(21-16)14-9-7-8-10-15(14)20-6-2/h7-10,12,18H,5-6,11H2,1-4H3. The van der Waals surface area contributed by atoms with Gasteiger partial charge in [-0.2, -0.15) is 0 Å². The number of aromatic nitrogens is 1. The highest BCUT2D eigenvalue weighted by Gasteiger charge is 2.16. The molecule has 2 rings (SSSR count). The molecule has 4 heteroatoms. The van der Waals surface area contributed by atoms with Crippen molar-refractivity contribution in [3.63, 3.8) is 0 Å². The fraction of sp³-hybridized carbons (Fsp3) is 0.471. The highest BCUT2D eigenvalue weighted by atomic mass is 32.1. The Bertz CT molecular complexity index is 580. The van der Waals surface area contributed by atoms with Crippen LogP contribution in [-0.2, 0) is 0 Å². The Hall–Kier alpha value is -1.39. The maximum absolute atomic E-state index is 5.72. The average Bonchev–Trinajstić information content (AvgIpc) is 2.87. The van der Waals surface area contributed by atoms with Crippen LogP contribution in [0.15, 0.2) is 24.3 Å². The molecule has 114 valence electrons. The summed E-state index contributed by atoms with van der Waals surface area (Å²) >= 11 is 1.76. The van der Waals surface area contributed by atoms with Gasteiger partial charge in [-0.1, -0.05) is 19.1 Å². The van der Waals surface area contributed by atoms with E-state index in [2.05, 4.69) is 32.2 Å². The molecule has 1 unspecified atom stereocenters. The molecule has 2 aromatic rings. The Balaban J connectivity index is 2.30. The minimum absolute atomic E-state index is 0.343. The molecular formula is C17H24N2OS. The Morgan fingerprint density at radius 3 is 2.76 bits per heavy atom. The second-order valence-electron chi connectivity index (χ2n) is 5.07. The molecule has 0 aliphatic carbocycles. The molecule has 0 spiro atoms. The minimum Gasteiger partial charge on any atom is -0.493 e. The Morgan fingerprint density at radius 2 is 2.05 bits per heavy atom. The van der Waals surface area contributed by atoms with Crippen molar-refractivity contribution in [2.24, 2.45) is 0 Å². The molecule has 1 aromatic carbocycles. The van der Waals surface area contributed by atoms with Gasteiger partial charge >= 0.3 is 0 Å². The predicted octanol–water partition coefficient (Wildman–Crippen LogP) is 4.58. The number of nitrogens with zero attached hydrogens (tertiary/aromatic N) is 1. The van der Waals surface area contributed by atoms with E-state index >= 15 is 0 Å². The van der Waals surface area contributed by atoms with Crippen molar-refractivity contribution in [2.75, 3.05) is 13.2 Å². The fourth-order valence-electron chi connectivity index (χ4n) is 2.30. The second-order valence-corrected chi connectivity index (χ2v) is 6.10. The molecule has 0 fully saturated rings. The van der Waals surface area contributed by atoms with Crippen LogP contribution in [0.4, 0.5) is 0 Å². The summed E-state index contributed by atoms with van der Waals surface area (Å²) in [6.45, 7) is 10.2. The molecule has 0 saturated heterocycles. The maximum Gasteiger partial charge on any atom is 0.129 e. The van der Waals surface area contributed by atoms with Crippen molar-refractivity contribution in [2.45, 2.75) is 40.2 Å². The van der Waals surface area contributed by atoms with Gasteiger partial charge in [0.2, 0.25) is 0 Å². The van der Waals surface area contributed by atoms with Gasteiger partial charge in [0.05, 0.1) is 17.9 Å². The summed E-state index contributed by atoms with van der Waals surface area (Å²) < 4.78 is 5.72. The Labute approximate surface area is 131 Å².